The Morgan fingerprint density at radius 1 is 0.750 bits per heavy atom. The maximum absolute atomic E-state index is 10.8. The number of fused-ring (bicyclic) bond motifs is 1. The molecule has 16 heavy (non-hydrogen) atoms. The van der Waals surface area contributed by atoms with Gasteiger partial charge in [-0.05, 0) is 54.8 Å². The molecule has 0 aliphatic rings. The lowest BCUT2D eigenvalue weighted by Gasteiger charge is -2.06. The third kappa shape index (κ3) is 1.72. The van der Waals surface area contributed by atoms with Crippen LogP contribution in [0.1, 0.15) is 20.7 Å². The average molecular weight is 342 g/mol. The lowest BCUT2D eigenvalue weighted by Crippen LogP contribution is -1.88. The number of carbonyl (C=O) groups excluding carboxylic acids is 2. The Balaban J connectivity index is 2.88. The fourth-order valence-electron chi connectivity index (χ4n) is 1.55. The van der Waals surface area contributed by atoms with E-state index in [0.717, 1.165) is 32.3 Å². The monoisotopic (exact) mass is 340 g/mol. The van der Waals surface area contributed by atoms with Crippen LogP contribution in [0.5, 0.6) is 0 Å². The molecule has 0 saturated heterocycles. The van der Waals surface area contributed by atoms with Crippen LogP contribution < -0.4 is 0 Å². The largest absolute Gasteiger partial charge is 0.298 e. The van der Waals surface area contributed by atoms with Crippen molar-refractivity contribution < 1.29 is 9.59 Å². The van der Waals surface area contributed by atoms with Gasteiger partial charge < -0.3 is 0 Å². The van der Waals surface area contributed by atoms with Gasteiger partial charge in [-0.2, -0.15) is 0 Å². The van der Waals surface area contributed by atoms with Crippen molar-refractivity contribution in [1.29, 1.82) is 0 Å². The molecule has 0 unspecified atom stereocenters. The zero-order valence-electron chi connectivity index (χ0n) is 8.04. The van der Waals surface area contributed by atoms with Crippen LogP contribution in [0.4, 0.5) is 0 Å². The van der Waals surface area contributed by atoms with E-state index >= 15 is 0 Å². The van der Waals surface area contributed by atoms with Crippen molar-refractivity contribution in [2.24, 2.45) is 0 Å². The second kappa shape index (κ2) is 4.47. The molecule has 0 heterocycles. The Labute approximate surface area is 109 Å². The highest BCUT2D eigenvalue weighted by Crippen LogP contribution is 2.33. The smallest absolute Gasteiger partial charge is 0.151 e. The van der Waals surface area contributed by atoms with E-state index in [2.05, 4.69) is 31.9 Å². The summed E-state index contributed by atoms with van der Waals surface area (Å²) >= 11 is 6.76. The van der Waals surface area contributed by atoms with Gasteiger partial charge in [0.2, 0.25) is 0 Å². The van der Waals surface area contributed by atoms with Crippen LogP contribution in [0.15, 0.2) is 33.2 Å². The highest BCUT2D eigenvalue weighted by Gasteiger charge is 2.09. The van der Waals surface area contributed by atoms with Gasteiger partial charge in [-0.3, -0.25) is 9.59 Å². The van der Waals surface area contributed by atoms with Gasteiger partial charge in [0.1, 0.15) is 0 Å². The predicted octanol–water partition coefficient (Wildman–Crippen LogP) is 3.99. The first-order chi connectivity index (χ1) is 7.69. The minimum atomic E-state index is 0.596. The van der Waals surface area contributed by atoms with Crippen molar-refractivity contribution in [1.82, 2.24) is 0 Å². The third-order valence-electron chi connectivity index (χ3n) is 2.38. The molecule has 2 nitrogen and oxygen atoms in total. The number of hydrogen-bond acceptors (Lipinski definition) is 2. The molecule has 0 aromatic heterocycles. The van der Waals surface area contributed by atoms with Gasteiger partial charge in [-0.15, -0.1) is 0 Å². The van der Waals surface area contributed by atoms with E-state index < -0.39 is 0 Å². The van der Waals surface area contributed by atoms with Crippen LogP contribution in [-0.2, 0) is 0 Å². The normalized spacial score (nSPS) is 10.4. The summed E-state index contributed by atoms with van der Waals surface area (Å²) in [6.07, 6.45) is 1.59. The fraction of sp³-hybridized carbons (Fsp3) is 0. The maximum Gasteiger partial charge on any atom is 0.151 e. The lowest BCUT2D eigenvalue weighted by molar-refractivity contribution is 0.111. The average Bonchev–Trinajstić information content (AvgIpc) is 2.31. The van der Waals surface area contributed by atoms with E-state index in [0.29, 0.717) is 11.1 Å². The molecule has 0 spiro atoms. The molecule has 2 aromatic rings. The lowest BCUT2D eigenvalue weighted by atomic mass is 10.1. The van der Waals surface area contributed by atoms with Crippen molar-refractivity contribution in [3.8, 4) is 0 Å². The Morgan fingerprint density at radius 2 is 1.12 bits per heavy atom. The van der Waals surface area contributed by atoms with Crippen molar-refractivity contribution >= 4 is 55.2 Å². The Kier molecular flexibility index (Phi) is 3.21. The Morgan fingerprint density at radius 3 is 1.44 bits per heavy atom. The number of hydrogen-bond donors (Lipinski definition) is 0. The van der Waals surface area contributed by atoms with Gasteiger partial charge >= 0.3 is 0 Å². The van der Waals surface area contributed by atoms with Crippen LogP contribution >= 0.6 is 31.9 Å². The summed E-state index contributed by atoms with van der Waals surface area (Å²) in [5.74, 6) is 0. The summed E-state index contributed by atoms with van der Waals surface area (Å²) in [6.45, 7) is 0. The Bertz CT molecular complexity index is 538. The van der Waals surface area contributed by atoms with Gasteiger partial charge in [0.25, 0.3) is 0 Å². The van der Waals surface area contributed by atoms with E-state index in [1.807, 2.05) is 12.1 Å². The number of rotatable bonds is 2. The van der Waals surface area contributed by atoms with E-state index in [1.54, 1.807) is 12.1 Å². The quantitative estimate of drug-likeness (QED) is 0.774. The topological polar surface area (TPSA) is 34.1 Å². The van der Waals surface area contributed by atoms with Crippen LogP contribution in [-0.4, -0.2) is 12.6 Å². The summed E-state index contributed by atoms with van der Waals surface area (Å²) in [4.78, 5) is 21.6. The first kappa shape index (κ1) is 11.5. The fourth-order valence-corrected chi connectivity index (χ4v) is 2.69. The van der Waals surface area contributed by atoms with Crippen LogP contribution in [0.2, 0.25) is 0 Å². The molecule has 0 amide bonds. The second-order valence-corrected chi connectivity index (χ2v) is 4.85. The molecule has 0 fully saturated rings. The molecule has 80 valence electrons. The van der Waals surface area contributed by atoms with Gasteiger partial charge in [-0.25, -0.2) is 0 Å². The van der Waals surface area contributed by atoms with Crippen molar-refractivity contribution in [2.75, 3.05) is 0 Å². The SMILES string of the molecule is O=Cc1ccc2c(Br)c(C=O)ccc2c1Br. The molecule has 0 N–H and O–H groups in total. The maximum atomic E-state index is 10.8. The molecule has 2 rings (SSSR count). The minimum absolute atomic E-state index is 0.596. The molecular formula is C12H6Br2O2. The summed E-state index contributed by atoms with van der Waals surface area (Å²) < 4.78 is 1.50. The molecule has 0 radical (unpaired) electrons. The van der Waals surface area contributed by atoms with Gasteiger partial charge in [-0.1, -0.05) is 12.1 Å². The standard InChI is InChI=1S/C12H6Br2O2/c13-11-7(5-15)1-3-9-10(11)4-2-8(6-16)12(9)14/h1-6H. The number of aldehydes is 2. The van der Waals surface area contributed by atoms with Crippen LogP contribution in [0.25, 0.3) is 10.8 Å². The summed E-state index contributed by atoms with van der Waals surface area (Å²) in [5, 5.41) is 1.81. The highest BCUT2D eigenvalue weighted by molar-refractivity contribution is 9.11. The third-order valence-corrected chi connectivity index (χ3v) is 4.15. The molecule has 0 bridgehead atoms. The molecule has 0 atom stereocenters. The molecule has 4 heteroatoms. The molecular weight excluding hydrogens is 336 g/mol. The van der Waals surface area contributed by atoms with Gasteiger partial charge in [0, 0.05) is 20.1 Å². The van der Waals surface area contributed by atoms with Crippen LogP contribution in [0, 0.1) is 0 Å². The number of benzene rings is 2. The molecule has 0 aliphatic carbocycles. The van der Waals surface area contributed by atoms with E-state index in [9.17, 15) is 9.59 Å². The second-order valence-electron chi connectivity index (χ2n) is 3.27. The number of carbonyl (C=O) groups is 2. The zero-order chi connectivity index (χ0) is 11.7. The van der Waals surface area contributed by atoms with E-state index in [-0.39, 0.29) is 0 Å². The van der Waals surface area contributed by atoms with Crippen molar-refractivity contribution in [3.63, 3.8) is 0 Å². The summed E-state index contributed by atoms with van der Waals surface area (Å²) in [6, 6.07) is 7.08. The first-order valence-electron chi connectivity index (χ1n) is 4.50. The predicted molar refractivity (Wildman–Crippen MR) is 70.1 cm³/mol. The van der Waals surface area contributed by atoms with Gasteiger partial charge in [0.05, 0.1) is 0 Å². The molecule has 0 aliphatic heterocycles. The zero-order valence-corrected chi connectivity index (χ0v) is 11.2. The minimum Gasteiger partial charge on any atom is -0.298 e. The Hall–Kier alpha value is -1.00. The summed E-state index contributed by atoms with van der Waals surface area (Å²) in [5.41, 5.74) is 1.19. The highest BCUT2D eigenvalue weighted by atomic mass is 79.9. The van der Waals surface area contributed by atoms with Crippen LogP contribution in [0.3, 0.4) is 0 Å². The van der Waals surface area contributed by atoms with E-state index in [4.69, 9.17) is 0 Å². The molecule has 0 saturated carbocycles. The van der Waals surface area contributed by atoms with Gasteiger partial charge in [0.15, 0.2) is 12.6 Å². The molecule has 2 aromatic carbocycles. The van der Waals surface area contributed by atoms with E-state index in [1.165, 1.54) is 0 Å². The summed E-state index contributed by atoms with van der Waals surface area (Å²) in [7, 11) is 0. The number of halogens is 2. The van der Waals surface area contributed by atoms with Crippen molar-refractivity contribution in [3.05, 3.63) is 44.3 Å². The first-order valence-corrected chi connectivity index (χ1v) is 6.08. The van der Waals surface area contributed by atoms with Crippen molar-refractivity contribution in [2.45, 2.75) is 0 Å².